The van der Waals surface area contributed by atoms with Crippen LogP contribution >= 0.6 is 0 Å². The predicted molar refractivity (Wildman–Crippen MR) is 111 cm³/mol. The van der Waals surface area contributed by atoms with Crippen LogP contribution in [0.3, 0.4) is 0 Å². The molecule has 7 nitrogen and oxygen atoms in total. The third-order valence-corrected chi connectivity index (χ3v) is 4.54. The van der Waals surface area contributed by atoms with Gasteiger partial charge < -0.3 is 24.1 Å². The summed E-state index contributed by atoms with van der Waals surface area (Å²) in [6.45, 7) is 0.833. The number of methoxy groups -OCH3 is 3. The van der Waals surface area contributed by atoms with Crippen LogP contribution < -0.4 is 19.5 Å². The van der Waals surface area contributed by atoms with E-state index < -0.39 is 0 Å². The molecule has 0 saturated heterocycles. The number of aromatic nitrogens is 2. The zero-order valence-corrected chi connectivity index (χ0v) is 16.7. The van der Waals surface area contributed by atoms with Crippen LogP contribution in [-0.4, -0.2) is 43.3 Å². The van der Waals surface area contributed by atoms with Crippen LogP contribution in [0, 0.1) is 12.3 Å². The molecule has 1 N–H and O–H groups in total. The van der Waals surface area contributed by atoms with Crippen LogP contribution in [0.25, 0.3) is 11.0 Å². The van der Waals surface area contributed by atoms with Crippen molar-refractivity contribution in [3.05, 3.63) is 47.8 Å². The normalized spacial score (nSPS) is 10.4. The molecule has 1 heterocycles. The van der Waals surface area contributed by atoms with Gasteiger partial charge in [0, 0.05) is 18.5 Å². The van der Waals surface area contributed by atoms with E-state index in [4.69, 9.17) is 20.6 Å². The molecule has 0 aliphatic rings. The fraction of sp³-hybridized carbons (Fsp3) is 0.273. The minimum absolute atomic E-state index is 0.246. The molecule has 0 aliphatic heterocycles. The second-order valence-corrected chi connectivity index (χ2v) is 6.23. The second-order valence-electron chi connectivity index (χ2n) is 6.23. The lowest BCUT2D eigenvalue weighted by Crippen LogP contribution is -2.26. The van der Waals surface area contributed by atoms with Crippen LogP contribution in [0.4, 0.5) is 0 Å². The van der Waals surface area contributed by atoms with Crippen molar-refractivity contribution in [2.24, 2.45) is 0 Å². The Hall–Kier alpha value is -3.66. The lowest BCUT2D eigenvalue weighted by Gasteiger charge is -2.14. The monoisotopic (exact) mass is 393 g/mol. The van der Waals surface area contributed by atoms with Crippen LogP contribution in [0.1, 0.15) is 16.2 Å². The van der Waals surface area contributed by atoms with E-state index >= 15 is 0 Å². The molecule has 0 bridgehead atoms. The van der Waals surface area contributed by atoms with Gasteiger partial charge in [-0.05, 0) is 24.3 Å². The van der Waals surface area contributed by atoms with Gasteiger partial charge in [-0.25, -0.2) is 4.98 Å². The van der Waals surface area contributed by atoms with E-state index in [1.807, 2.05) is 28.8 Å². The number of rotatable bonds is 8. The maximum atomic E-state index is 12.6. The average molecular weight is 393 g/mol. The molecule has 1 amide bonds. The van der Waals surface area contributed by atoms with Gasteiger partial charge in [0.15, 0.2) is 11.5 Å². The first-order chi connectivity index (χ1) is 14.1. The highest BCUT2D eigenvalue weighted by atomic mass is 16.5. The van der Waals surface area contributed by atoms with Gasteiger partial charge in [0.1, 0.15) is 5.82 Å². The zero-order chi connectivity index (χ0) is 20.8. The van der Waals surface area contributed by atoms with Gasteiger partial charge in [-0.2, -0.15) is 0 Å². The van der Waals surface area contributed by atoms with E-state index in [0.717, 1.165) is 16.9 Å². The van der Waals surface area contributed by atoms with Crippen molar-refractivity contribution < 1.29 is 19.0 Å². The van der Waals surface area contributed by atoms with Gasteiger partial charge in [-0.15, -0.1) is 6.42 Å². The van der Waals surface area contributed by atoms with Crippen LogP contribution in [-0.2, 0) is 13.0 Å². The zero-order valence-electron chi connectivity index (χ0n) is 16.7. The third-order valence-electron chi connectivity index (χ3n) is 4.54. The smallest absolute Gasteiger partial charge is 0.251 e. The number of carbonyl (C=O) groups is 1. The number of benzene rings is 2. The van der Waals surface area contributed by atoms with Crippen molar-refractivity contribution in [2.75, 3.05) is 27.9 Å². The second kappa shape index (κ2) is 9.02. The number of amides is 1. The first-order valence-corrected chi connectivity index (χ1v) is 9.08. The lowest BCUT2D eigenvalue weighted by atomic mass is 10.1. The summed E-state index contributed by atoms with van der Waals surface area (Å²) in [5.74, 6) is 4.53. The Labute approximate surface area is 169 Å². The number of carbonyl (C=O) groups excluding carboxylic acids is 1. The number of ether oxygens (including phenoxy) is 3. The topological polar surface area (TPSA) is 74.6 Å². The first kappa shape index (κ1) is 20.1. The Kier molecular flexibility index (Phi) is 6.25. The summed E-state index contributed by atoms with van der Waals surface area (Å²) in [7, 11) is 4.53. The number of imidazole rings is 1. The third kappa shape index (κ3) is 4.11. The molecule has 2 aromatic carbocycles. The van der Waals surface area contributed by atoms with Gasteiger partial charge in [0.05, 0.1) is 38.9 Å². The summed E-state index contributed by atoms with van der Waals surface area (Å²) in [6, 6.07) is 11.0. The molecule has 0 fully saturated rings. The van der Waals surface area contributed by atoms with E-state index in [0.29, 0.717) is 42.3 Å². The SMILES string of the molecule is C#CCn1c(CCNC(=O)c2cc(OC)c(OC)c(OC)c2)nc2ccccc21. The maximum absolute atomic E-state index is 12.6. The summed E-state index contributed by atoms with van der Waals surface area (Å²) in [5, 5.41) is 2.91. The number of fused-ring (bicyclic) bond motifs is 1. The Morgan fingerprint density at radius 3 is 2.45 bits per heavy atom. The molecule has 29 heavy (non-hydrogen) atoms. The van der Waals surface area contributed by atoms with E-state index in [9.17, 15) is 4.79 Å². The molecule has 1 aromatic heterocycles. The summed E-state index contributed by atoms with van der Waals surface area (Å²) in [5.41, 5.74) is 2.28. The molecular formula is C22H23N3O4. The molecule has 7 heteroatoms. The van der Waals surface area contributed by atoms with Gasteiger partial charge in [-0.3, -0.25) is 4.79 Å². The number of nitrogens with one attached hydrogen (secondary N) is 1. The molecular weight excluding hydrogens is 370 g/mol. The number of nitrogens with zero attached hydrogens (tertiary/aromatic N) is 2. The highest BCUT2D eigenvalue weighted by Gasteiger charge is 2.17. The maximum Gasteiger partial charge on any atom is 0.251 e. The van der Waals surface area contributed by atoms with Gasteiger partial charge >= 0.3 is 0 Å². The standard InChI is InChI=1S/C22H23N3O4/c1-5-12-25-17-9-7-6-8-16(17)24-20(25)10-11-23-22(26)15-13-18(27-2)21(29-4)19(14-15)28-3/h1,6-9,13-14H,10-12H2,2-4H3,(H,23,26). The first-order valence-electron chi connectivity index (χ1n) is 9.08. The van der Waals surface area contributed by atoms with Crippen LogP contribution in [0.5, 0.6) is 17.2 Å². The molecule has 3 aromatic rings. The Morgan fingerprint density at radius 1 is 1.14 bits per heavy atom. The molecule has 0 spiro atoms. The van der Waals surface area contributed by atoms with Crippen molar-refractivity contribution in [2.45, 2.75) is 13.0 Å². The van der Waals surface area contributed by atoms with E-state index in [1.54, 1.807) is 12.1 Å². The Bertz CT molecular complexity index is 1040. The summed E-state index contributed by atoms with van der Waals surface area (Å²) >= 11 is 0. The highest BCUT2D eigenvalue weighted by molar-refractivity contribution is 5.95. The number of para-hydroxylation sites is 2. The quantitative estimate of drug-likeness (QED) is 0.596. The summed E-state index contributed by atoms with van der Waals surface area (Å²) < 4.78 is 17.9. The van der Waals surface area contributed by atoms with Crippen LogP contribution in [0.2, 0.25) is 0 Å². The van der Waals surface area contributed by atoms with E-state index in [2.05, 4.69) is 16.2 Å². The largest absolute Gasteiger partial charge is 0.493 e. The Balaban J connectivity index is 1.75. The fourth-order valence-electron chi connectivity index (χ4n) is 3.19. The van der Waals surface area contributed by atoms with Crippen LogP contribution in [0.15, 0.2) is 36.4 Å². The minimum Gasteiger partial charge on any atom is -0.493 e. The molecule has 0 saturated carbocycles. The van der Waals surface area contributed by atoms with Crippen molar-refractivity contribution in [3.8, 4) is 29.6 Å². The van der Waals surface area contributed by atoms with Crippen molar-refractivity contribution in [1.29, 1.82) is 0 Å². The van der Waals surface area contributed by atoms with Gasteiger partial charge in [0.2, 0.25) is 5.75 Å². The lowest BCUT2D eigenvalue weighted by molar-refractivity contribution is 0.0953. The Morgan fingerprint density at radius 2 is 1.83 bits per heavy atom. The average Bonchev–Trinajstić information content (AvgIpc) is 3.10. The number of hydrogen-bond acceptors (Lipinski definition) is 5. The van der Waals surface area contributed by atoms with Crippen molar-refractivity contribution in [1.82, 2.24) is 14.9 Å². The highest BCUT2D eigenvalue weighted by Crippen LogP contribution is 2.38. The molecule has 0 unspecified atom stereocenters. The van der Waals surface area contributed by atoms with E-state index in [1.165, 1.54) is 21.3 Å². The molecule has 150 valence electrons. The predicted octanol–water partition coefficient (Wildman–Crippen LogP) is 2.67. The molecule has 3 rings (SSSR count). The van der Waals surface area contributed by atoms with E-state index in [-0.39, 0.29) is 5.91 Å². The van der Waals surface area contributed by atoms with Gasteiger partial charge in [0.25, 0.3) is 5.91 Å². The minimum atomic E-state index is -0.246. The van der Waals surface area contributed by atoms with Gasteiger partial charge in [-0.1, -0.05) is 18.1 Å². The van der Waals surface area contributed by atoms with Crippen molar-refractivity contribution >= 4 is 16.9 Å². The summed E-state index contributed by atoms with van der Waals surface area (Å²) in [4.78, 5) is 17.3. The molecule has 0 aliphatic carbocycles. The fourth-order valence-corrected chi connectivity index (χ4v) is 3.19. The number of terminal acetylenes is 1. The number of hydrogen-bond donors (Lipinski definition) is 1. The molecule has 0 radical (unpaired) electrons. The van der Waals surface area contributed by atoms with Crippen molar-refractivity contribution in [3.63, 3.8) is 0 Å². The molecule has 0 atom stereocenters. The summed E-state index contributed by atoms with van der Waals surface area (Å²) in [6.07, 6.45) is 6.06.